The number of halogens is 1. The summed E-state index contributed by atoms with van der Waals surface area (Å²) in [4.78, 5) is 16.6. The highest BCUT2D eigenvalue weighted by Crippen LogP contribution is 2.19. The van der Waals surface area contributed by atoms with E-state index in [1.807, 2.05) is 18.2 Å². The summed E-state index contributed by atoms with van der Waals surface area (Å²) in [5.41, 5.74) is 7.92. The van der Waals surface area contributed by atoms with Crippen LogP contribution in [0.3, 0.4) is 0 Å². The molecule has 1 aromatic carbocycles. The van der Waals surface area contributed by atoms with E-state index in [1.165, 1.54) is 17.1 Å². The zero-order valence-corrected chi connectivity index (χ0v) is 12.3. The molecule has 2 heterocycles. The van der Waals surface area contributed by atoms with Crippen LogP contribution in [0.5, 0.6) is 0 Å². The van der Waals surface area contributed by atoms with E-state index in [1.54, 1.807) is 11.7 Å². The molecule has 0 aliphatic carbocycles. The summed E-state index contributed by atoms with van der Waals surface area (Å²) in [7, 11) is 1.76. The van der Waals surface area contributed by atoms with Crippen LogP contribution in [-0.4, -0.2) is 19.3 Å². The predicted molar refractivity (Wildman–Crippen MR) is 80.4 cm³/mol. The van der Waals surface area contributed by atoms with Crippen LogP contribution in [0.1, 0.15) is 5.56 Å². The molecule has 0 atom stereocenters. The summed E-state index contributed by atoms with van der Waals surface area (Å²) >= 11 is 3.36. The standard InChI is InChI=1S/C13H12BrN5O/c1-18-12-10(5-17-18)13(20)19(7-16-12)6-8-2-3-9(14)4-11(8)15/h2-5,7H,6,15H2,1H3. The second-order valence-electron chi connectivity index (χ2n) is 4.53. The van der Waals surface area contributed by atoms with Crippen molar-refractivity contribution in [2.75, 3.05) is 5.73 Å². The van der Waals surface area contributed by atoms with Crippen molar-refractivity contribution in [1.82, 2.24) is 19.3 Å². The minimum Gasteiger partial charge on any atom is -0.398 e. The first-order chi connectivity index (χ1) is 9.56. The maximum Gasteiger partial charge on any atom is 0.264 e. The number of aryl methyl sites for hydroxylation is 1. The highest BCUT2D eigenvalue weighted by Gasteiger charge is 2.09. The van der Waals surface area contributed by atoms with Crippen molar-refractivity contribution >= 4 is 32.7 Å². The summed E-state index contributed by atoms with van der Waals surface area (Å²) in [5, 5.41) is 4.55. The van der Waals surface area contributed by atoms with Crippen molar-refractivity contribution in [3.8, 4) is 0 Å². The van der Waals surface area contributed by atoms with Gasteiger partial charge >= 0.3 is 0 Å². The van der Waals surface area contributed by atoms with Gasteiger partial charge in [0.25, 0.3) is 5.56 Å². The maximum atomic E-state index is 12.3. The quantitative estimate of drug-likeness (QED) is 0.721. The van der Waals surface area contributed by atoms with Crippen molar-refractivity contribution < 1.29 is 0 Å². The lowest BCUT2D eigenvalue weighted by Crippen LogP contribution is -2.21. The fourth-order valence-corrected chi connectivity index (χ4v) is 2.45. The molecule has 0 amide bonds. The number of rotatable bonds is 2. The molecule has 0 aliphatic heterocycles. The molecule has 20 heavy (non-hydrogen) atoms. The summed E-state index contributed by atoms with van der Waals surface area (Å²) in [6.07, 6.45) is 3.06. The highest BCUT2D eigenvalue weighted by molar-refractivity contribution is 9.10. The van der Waals surface area contributed by atoms with Gasteiger partial charge in [0.1, 0.15) is 11.7 Å². The first-order valence-corrected chi connectivity index (χ1v) is 6.76. The zero-order chi connectivity index (χ0) is 14.3. The van der Waals surface area contributed by atoms with E-state index in [9.17, 15) is 4.79 Å². The van der Waals surface area contributed by atoms with Gasteiger partial charge in [-0.25, -0.2) is 4.98 Å². The molecule has 0 bridgehead atoms. The maximum absolute atomic E-state index is 12.3. The van der Waals surface area contributed by atoms with Gasteiger partial charge in [0, 0.05) is 17.2 Å². The molecule has 0 saturated carbocycles. The number of anilines is 1. The number of hydrogen-bond acceptors (Lipinski definition) is 4. The van der Waals surface area contributed by atoms with Gasteiger partial charge in [0.05, 0.1) is 12.7 Å². The Balaban J connectivity index is 2.07. The smallest absolute Gasteiger partial charge is 0.264 e. The molecular formula is C13H12BrN5O. The molecule has 0 saturated heterocycles. The minimum absolute atomic E-state index is 0.120. The largest absolute Gasteiger partial charge is 0.398 e. The van der Waals surface area contributed by atoms with Crippen LogP contribution in [0.2, 0.25) is 0 Å². The molecule has 0 aliphatic rings. The Labute approximate surface area is 123 Å². The van der Waals surface area contributed by atoms with E-state index < -0.39 is 0 Å². The topological polar surface area (TPSA) is 78.7 Å². The molecule has 0 radical (unpaired) electrons. The molecule has 2 aromatic heterocycles. The van der Waals surface area contributed by atoms with Crippen LogP contribution in [0.25, 0.3) is 11.0 Å². The number of nitrogens with two attached hydrogens (primary N) is 1. The third kappa shape index (κ3) is 2.09. The number of benzene rings is 1. The predicted octanol–water partition coefficient (Wildman–Crippen LogP) is 1.52. The molecule has 7 heteroatoms. The molecular weight excluding hydrogens is 322 g/mol. The van der Waals surface area contributed by atoms with Crippen molar-refractivity contribution in [1.29, 1.82) is 0 Å². The number of nitrogen functional groups attached to an aromatic ring is 1. The third-order valence-corrected chi connectivity index (χ3v) is 3.66. The molecule has 0 spiro atoms. The Hall–Kier alpha value is -2.15. The number of nitrogens with zero attached hydrogens (tertiary/aromatic N) is 4. The van der Waals surface area contributed by atoms with Crippen LogP contribution in [0.15, 0.2) is 40.0 Å². The number of aromatic nitrogens is 4. The van der Waals surface area contributed by atoms with E-state index in [0.717, 1.165) is 10.0 Å². The van der Waals surface area contributed by atoms with E-state index in [-0.39, 0.29) is 5.56 Å². The Bertz CT molecular complexity index is 852. The highest BCUT2D eigenvalue weighted by atomic mass is 79.9. The van der Waals surface area contributed by atoms with Gasteiger partial charge in [-0.2, -0.15) is 5.10 Å². The average molecular weight is 334 g/mol. The number of fused-ring (bicyclic) bond motifs is 1. The van der Waals surface area contributed by atoms with Crippen LogP contribution >= 0.6 is 15.9 Å². The van der Waals surface area contributed by atoms with E-state index in [4.69, 9.17) is 5.73 Å². The Morgan fingerprint density at radius 3 is 2.95 bits per heavy atom. The van der Waals surface area contributed by atoms with E-state index in [0.29, 0.717) is 23.3 Å². The van der Waals surface area contributed by atoms with Gasteiger partial charge in [0.15, 0.2) is 5.65 Å². The van der Waals surface area contributed by atoms with E-state index in [2.05, 4.69) is 26.0 Å². The van der Waals surface area contributed by atoms with Gasteiger partial charge in [0.2, 0.25) is 0 Å². The van der Waals surface area contributed by atoms with Crippen molar-refractivity contribution in [2.45, 2.75) is 6.54 Å². The van der Waals surface area contributed by atoms with Gasteiger partial charge in [-0.3, -0.25) is 14.0 Å². The second kappa shape index (κ2) is 4.75. The van der Waals surface area contributed by atoms with Crippen molar-refractivity contribution in [2.24, 2.45) is 7.05 Å². The Morgan fingerprint density at radius 1 is 1.40 bits per heavy atom. The lowest BCUT2D eigenvalue weighted by atomic mass is 10.2. The van der Waals surface area contributed by atoms with Crippen LogP contribution in [-0.2, 0) is 13.6 Å². The lowest BCUT2D eigenvalue weighted by Gasteiger charge is -2.08. The Morgan fingerprint density at radius 2 is 2.20 bits per heavy atom. The van der Waals surface area contributed by atoms with Crippen molar-refractivity contribution in [3.05, 3.63) is 51.1 Å². The monoisotopic (exact) mass is 333 g/mol. The molecule has 0 unspecified atom stereocenters. The van der Waals surface area contributed by atoms with Crippen LogP contribution in [0, 0.1) is 0 Å². The summed E-state index contributed by atoms with van der Waals surface area (Å²) in [6, 6.07) is 5.60. The molecule has 3 rings (SSSR count). The van der Waals surface area contributed by atoms with Gasteiger partial charge in [-0.15, -0.1) is 0 Å². The number of hydrogen-bond donors (Lipinski definition) is 1. The average Bonchev–Trinajstić information content (AvgIpc) is 2.78. The zero-order valence-electron chi connectivity index (χ0n) is 10.7. The van der Waals surface area contributed by atoms with Crippen molar-refractivity contribution in [3.63, 3.8) is 0 Å². The normalized spacial score (nSPS) is 11.1. The van der Waals surface area contributed by atoms with Crippen LogP contribution in [0.4, 0.5) is 5.69 Å². The molecule has 3 aromatic rings. The molecule has 2 N–H and O–H groups in total. The van der Waals surface area contributed by atoms with Gasteiger partial charge in [-0.1, -0.05) is 22.0 Å². The Kier molecular flexibility index (Phi) is 3.06. The summed E-state index contributed by atoms with van der Waals surface area (Å²) in [5.74, 6) is 0. The van der Waals surface area contributed by atoms with Crippen LogP contribution < -0.4 is 11.3 Å². The van der Waals surface area contributed by atoms with E-state index >= 15 is 0 Å². The third-order valence-electron chi connectivity index (χ3n) is 3.17. The second-order valence-corrected chi connectivity index (χ2v) is 5.44. The lowest BCUT2D eigenvalue weighted by molar-refractivity contribution is 0.738. The SMILES string of the molecule is Cn1ncc2c(=O)n(Cc3ccc(Br)cc3N)cnc21. The first-order valence-electron chi connectivity index (χ1n) is 5.97. The molecule has 102 valence electrons. The fourth-order valence-electron chi connectivity index (χ4n) is 2.07. The molecule has 0 fully saturated rings. The molecule has 6 nitrogen and oxygen atoms in total. The fraction of sp³-hybridized carbons (Fsp3) is 0.154. The first kappa shape index (κ1) is 12.9. The summed E-state index contributed by atoms with van der Waals surface area (Å²) < 4.78 is 4.02. The minimum atomic E-state index is -0.120. The van der Waals surface area contributed by atoms with Gasteiger partial charge in [-0.05, 0) is 17.7 Å². The summed E-state index contributed by atoms with van der Waals surface area (Å²) in [6.45, 7) is 0.385. The van der Waals surface area contributed by atoms with Gasteiger partial charge < -0.3 is 5.73 Å².